The Balaban J connectivity index is 2.65. The SMILES string of the molecule is CCOC(=O)c1cc2cc(C(F)(F)F)cnc2n1C(C)CN. The number of rotatable bonds is 4. The molecule has 0 spiro atoms. The van der Waals surface area contributed by atoms with Crippen LogP contribution in [0.5, 0.6) is 0 Å². The molecular formula is C14H16F3N3O2. The summed E-state index contributed by atoms with van der Waals surface area (Å²) >= 11 is 0. The van der Waals surface area contributed by atoms with E-state index >= 15 is 0 Å². The van der Waals surface area contributed by atoms with E-state index in [-0.39, 0.29) is 35.9 Å². The molecule has 1 atom stereocenters. The second-order valence-corrected chi connectivity index (χ2v) is 4.84. The minimum Gasteiger partial charge on any atom is -0.461 e. The first-order valence-corrected chi connectivity index (χ1v) is 6.75. The lowest BCUT2D eigenvalue weighted by molar-refractivity contribution is -0.137. The number of nitrogens with two attached hydrogens (primary N) is 1. The van der Waals surface area contributed by atoms with Crippen LogP contribution >= 0.6 is 0 Å². The standard InChI is InChI=1S/C14H16F3N3O2/c1-3-22-13(21)11-5-9-4-10(14(15,16)17)7-19-12(9)20(11)8(2)6-18/h4-5,7-8H,3,6,18H2,1-2H3. The maximum Gasteiger partial charge on any atom is 0.417 e. The summed E-state index contributed by atoms with van der Waals surface area (Å²) in [6.07, 6.45) is -3.75. The first-order valence-electron chi connectivity index (χ1n) is 6.75. The lowest BCUT2D eigenvalue weighted by Crippen LogP contribution is -2.21. The zero-order valence-electron chi connectivity index (χ0n) is 12.1. The Hall–Kier alpha value is -2.09. The van der Waals surface area contributed by atoms with Gasteiger partial charge >= 0.3 is 12.1 Å². The van der Waals surface area contributed by atoms with Crippen molar-refractivity contribution in [1.82, 2.24) is 9.55 Å². The summed E-state index contributed by atoms with van der Waals surface area (Å²) in [6.45, 7) is 3.77. The molecule has 1 unspecified atom stereocenters. The molecule has 2 rings (SSSR count). The first-order chi connectivity index (χ1) is 10.3. The molecule has 0 amide bonds. The fourth-order valence-corrected chi connectivity index (χ4v) is 2.18. The highest BCUT2D eigenvalue weighted by molar-refractivity contribution is 5.94. The van der Waals surface area contributed by atoms with Crippen LogP contribution in [0.2, 0.25) is 0 Å². The number of ether oxygens (including phenoxy) is 1. The van der Waals surface area contributed by atoms with Crippen molar-refractivity contribution in [3.8, 4) is 0 Å². The van der Waals surface area contributed by atoms with Gasteiger partial charge in [0.05, 0.1) is 12.2 Å². The number of pyridine rings is 1. The van der Waals surface area contributed by atoms with E-state index in [0.717, 1.165) is 12.3 Å². The van der Waals surface area contributed by atoms with Gasteiger partial charge in [-0.3, -0.25) is 0 Å². The van der Waals surface area contributed by atoms with Gasteiger partial charge in [-0.25, -0.2) is 9.78 Å². The van der Waals surface area contributed by atoms with Crippen molar-refractivity contribution in [2.24, 2.45) is 5.73 Å². The van der Waals surface area contributed by atoms with Gasteiger partial charge in [0.15, 0.2) is 0 Å². The van der Waals surface area contributed by atoms with Gasteiger partial charge in [-0.2, -0.15) is 13.2 Å². The number of hydrogen-bond donors (Lipinski definition) is 1. The Labute approximate surface area is 124 Å². The van der Waals surface area contributed by atoms with E-state index in [1.165, 1.54) is 10.6 Å². The summed E-state index contributed by atoms with van der Waals surface area (Å²) in [7, 11) is 0. The summed E-state index contributed by atoms with van der Waals surface area (Å²) in [5, 5.41) is 0.221. The highest BCUT2D eigenvalue weighted by atomic mass is 19.4. The van der Waals surface area contributed by atoms with Crippen molar-refractivity contribution >= 4 is 17.0 Å². The smallest absolute Gasteiger partial charge is 0.417 e. The second-order valence-electron chi connectivity index (χ2n) is 4.84. The number of hydrogen-bond acceptors (Lipinski definition) is 4. The summed E-state index contributed by atoms with van der Waals surface area (Å²) in [5.41, 5.74) is 5.16. The van der Waals surface area contributed by atoms with Crippen LogP contribution in [0.1, 0.15) is 35.9 Å². The van der Waals surface area contributed by atoms with Gasteiger partial charge < -0.3 is 15.0 Å². The average molecular weight is 315 g/mol. The van der Waals surface area contributed by atoms with E-state index in [0.29, 0.717) is 0 Å². The number of aromatic nitrogens is 2. The molecule has 0 saturated carbocycles. The van der Waals surface area contributed by atoms with Crippen molar-refractivity contribution in [2.45, 2.75) is 26.1 Å². The van der Waals surface area contributed by atoms with Gasteiger partial charge in [-0.15, -0.1) is 0 Å². The van der Waals surface area contributed by atoms with E-state index in [9.17, 15) is 18.0 Å². The van der Waals surface area contributed by atoms with E-state index in [2.05, 4.69) is 4.98 Å². The number of fused-ring (bicyclic) bond motifs is 1. The highest BCUT2D eigenvalue weighted by Crippen LogP contribution is 2.32. The lowest BCUT2D eigenvalue weighted by Gasteiger charge is -2.15. The van der Waals surface area contributed by atoms with Gasteiger partial charge in [-0.05, 0) is 26.0 Å². The predicted octanol–water partition coefficient (Wildman–Crippen LogP) is 2.75. The monoisotopic (exact) mass is 315 g/mol. The van der Waals surface area contributed by atoms with Crippen LogP contribution in [0.15, 0.2) is 18.3 Å². The van der Waals surface area contributed by atoms with Crippen LogP contribution < -0.4 is 5.73 Å². The third-order valence-electron chi connectivity index (χ3n) is 3.27. The topological polar surface area (TPSA) is 70.1 Å². The molecule has 2 heterocycles. The van der Waals surface area contributed by atoms with Crippen molar-refractivity contribution in [3.63, 3.8) is 0 Å². The second kappa shape index (κ2) is 5.96. The van der Waals surface area contributed by atoms with E-state index in [1.54, 1.807) is 13.8 Å². The first kappa shape index (κ1) is 16.3. The highest BCUT2D eigenvalue weighted by Gasteiger charge is 2.32. The quantitative estimate of drug-likeness (QED) is 0.881. The number of halogens is 3. The molecule has 0 aromatic carbocycles. The van der Waals surface area contributed by atoms with Gasteiger partial charge in [0.25, 0.3) is 0 Å². The van der Waals surface area contributed by atoms with Crippen LogP contribution in [0.4, 0.5) is 13.2 Å². The van der Waals surface area contributed by atoms with E-state index in [1.807, 2.05) is 0 Å². The van der Waals surface area contributed by atoms with Crippen LogP contribution in [0.3, 0.4) is 0 Å². The van der Waals surface area contributed by atoms with Gasteiger partial charge in [0.1, 0.15) is 11.3 Å². The zero-order chi connectivity index (χ0) is 16.5. The maximum atomic E-state index is 12.8. The average Bonchev–Trinajstić information content (AvgIpc) is 2.84. The summed E-state index contributed by atoms with van der Waals surface area (Å²) in [6, 6.07) is 2.01. The molecule has 22 heavy (non-hydrogen) atoms. The lowest BCUT2D eigenvalue weighted by atomic mass is 10.2. The van der Waals surface area contributed by atoms with Crippen LogP contribution in [-0.2, 0) is 10.9 Å². The fourth-order valence-electron chi connectivity index (χ4n) is 2.18. The van der Waals surface area contributed by atoms with Gasteiger partial charge in [0, 0.05) is 24.2 Å². The van der Waals surface area contributed by atoms with Gasteiger partial charge in [0.2, 0.25) is 0 Å². The third kappa shape index (κ3) is 2.92. The molecule has 0 saturated heterocycles. The van der Waals surface area contributed by atoms with Crippen LogP contribution in [0, 0.1) is 0 Å². The largest absolute Gasteiger partial charge is 0.461 e. The third-order valence-corrected chi connectivity index (χ3v) is 3.27. The fraction of sp³-hybridized carbons (Fsp3) is 0.429. The molecule has 2 aromatic rings. The molecule has 2 N–H and O–H groups in total. The molecule has 120 valence electrons. The van der Waals surface area contributed by atoms with Crippen LogP contribution in [-0.4, -0.2) is 28.7 Å². The van der Waals surface area contributed by atoms with Crippen molar-refractivity contribution in [1.29, 1.82) is 0 Å². The normalized spacial score (nSPS) is 13.4. The Morgan fingerprint density at radius 3 is 2.68 bits per heavy atom. The number of nitrogens with zero attached hydrogens (tertiary/aromatic N) is 2. The molecule has 0 aliphatic rings. The van der Waals surface area contributed by atoms with Crippen molar-refractivity contribution in [2.75, 3.05) is 13.2 Å². The van der Waals surface area contributed by atoms with E-state index < -0.39 is 17.7 Å². The van der Waals surface area contributed by atoms with Crippen LogP contribution in [0.25, 0.3) is 11.0 Å². The molecule has 8 heteroatoms. The number of carbonyl (C=O) groups excluding carboxylic acids is 1. The molecular weight excluding hydrogens is 299 g/mol. The minimum atomic E-state index is -4.49. The predicted molar refractivity (Wildman–Crippen MR) is 74.5 cm³/mol. The molecule has 5 nitrogen and oxygen atoms in total. The Morgan fingerprint density at radius 1 is 1.45 bits per heavy atom. The Morgan fingerprint density at radius 2 is 2.14 bits per heavy atom. The molecule has 0 radical (unpaired) electrons. The van der Waals surface area contributed by atoms with Crippen molar-refractivity contribution in [3.05, 3.63) is 29.6 Å². The van der Waals surface area contributed by atoms with Gasteiger partial charge in [-0.1, -0.05) is 0 Å². The van der Waals surface area contributed by atoms with Crippen molar-refractivity contribution < 1.29 is 22.7 Å². The molecule has 0 bridgehead atoms. The number of carbonyl (C=O) groups is 1. The summed E-state index contributed by atoms with van der Waals surface area (Å²) < 4.78 is 44.8. The molecule has 0 aliphatic heterocycles. The van der Waals surface area contributed by atoms with E-state index in [4.69, 9.17) is 10.5 Å². The number of esters is 1. The molecule has 2 aromatic heterocycles. The minimum absolute atomic E-state index is 0.140. The number of alkyl halides is 3. The summed E-state index contributed by atoms with van der Waals surface area (Å²) in [5.74, 6) is -0.616. The zero-order valence-corrected chi connectivity index (χ0v) is 12.1. The molecule has 0 fully saturated rings. The Kier molecular flexibility index (Phi) is 4.41. The maximum absolute atomic E-state index is 12.8. The summed E-state index contributed by atoms with van der Waals surface area (Å²) in [4.78, 5) is 15.9. The molecule has 0 aliphatic carbocycles. The Bertz CT molecular complexity index is 694.